The number of ether oxygens (including phenoxy) is 2. The summed E-state index contributed by atoms with van der Waals surface area (Å²) in [5, 5.41) is 8.41. The molecule has 1 N–H and O–H groups in total. The van der Waals surface area contributed by atoms with E-state index in [0.717, 1.165) is 26.2 Å². The number of piperidine rings is 1. The molecule has 2 saturated heterocycles. The van der Waals surface area contributed by atoms with Gasteiger partial charge in [-0.15, -0.1) is 0 Å². The van der Waals surface area contributed by atoms with Crippen LogP contribution in [0.4, 0.5) is 0 Å². The molecule has 168 valence electrons. The van der Waals surface area contributed by atoms with Crippen LogP contribution in [0.1, 0.15) is 87.1 Å². The lowest BCUT2D eigenvalue weighted by molar-refractivity contribution is -0.0431. The molecule has 5 heteroatoms. The monoisotopic (exact) mass is 423 g/mol. The van der Waals surface area contributed by atoms with Gasteiger partial charge >= 0.3 is 0 Å². The number of benzene rings is 1. The van der Waals surface area contributed by atoms with Crippen molar-refractivity contribution in [3.8, 4) is 0 Å². The summed E-state index contributed by atoms with van der Waals surface area (Å²) in [5.74, 6) is 1.15. The summed E-state index contributed by atoms with van der Waals surface area (Å²) in [5.41, 5.74) is 2.81. The Morgan fingerprint density at radius 1 is 0.968 bits per heavy atom. The van der Waals surface area contributed by atoms with E-state index in [1.807, 2.05) is 6.20 Å². The third-order valence-electron chi connectivity index (χ3n) is 7.55. The smallest absolute Gasteiger partial charge is 0.150 e. The van der Waals surface area contributed by atoms with Crippen molar-refractivity contribution >= 4 is 0 Å². The minimum absolute atomic E-state index is 0.107. The largest absolute Gasteiger partial charge is 0.377 e. The van der Waals surface area contributed by atoms with E-state index in [1.165, 1.54) is 62.6 Å². The Morgan fingerprint density at radius 3 is 2.65 bits per heavy atom. The van der Waals surface area contributed by atoms with Gasteiger partial charge in [-0.1, -0.05) is 30.3 Å². The fraction of sp³-hybridized carbons (Fsp3) is 0.654. The highest BCUT2D eigenvalue weighted by molar-refractivity contribution is 5.20. The van der Waals surface area contributed by atoms with Crippen molar-refractivity contribution in [3.05, 3.63) is 53.9 Å². The first-order chi connectivity index (χ1) is 15.4. The Morgan fingerprint density at radius 2 is 1.84 bits per heavy atom. The quantitative estimate of drug-likeness (QED) is 0.697. The van der Waals surface area contributed by atoms with Gasteiger partial charge in [0.05, 0.1) is 12.7 Å². The van der Waals surface area contributed by atoms with Gasteiger partial charge in [-0.05, 0) is 81.9 Å². The highest BCUT2D eigenvalue weighted by Crippen LogP contribution is 2.35. The molecule has 0 radical (unpaired) electrons. The molecular weight excluding hydrogens is 386 g/mol. The Bertz CT molecular complexity index is 794. The van der Waals surface area contributed by atoms with Crippen molar-refractivity contribution in [2.75, 3.05) is 19.8 Å². The van der Waals surface area contributed by atoms with E-state index in [4.69, 9.17) is 9.47 Å². The highest BCUT2D eigenvalue weighted by Gasteiger charge is 2.32. The summed E-state index contributed by atoms with van der Waals surface area (Å²) < 4.78 is 14.7. The van der Waals surface area contributed by atoms with E-state index in [9.17, 15) is 0 Å². The van der Waals surface area contributed by atoms with Crippen LogP contribution < -0.4 is 5.32 Å². The van der Waals surface area contributed by atoms with Crippen molar-refractivity contribution in [1.29, 1.82) is 0 Å². The Hall–Kier alpha value is -1.69. The van der Waals surface area contributed by atoms with Crippen LogP contribution in [-0.2, 0) is 9.47 Å². The first kappa shape index (κ1) is 21.2. The molecule has 0 spiro atoms. The molecule has 0 amide bonds. The molecule has 3 fully saturated rings. The van der Waals surface area contributed by atoms with Gasteiger partial charge in [0.1, 0.15) is 6.23 Å². The third kappa shape index (κ3) is 5.05. The van der Waals surface area contributed by atoms with Crippen LogP contribution in [0.5, 0.6) is 0 Å². The van der Waals surface area contributed by atoms with Crippen LogP contribution in [0.15, 0.2) is 42.6 Å². The molecule has 3 unspecified atom stereocenters. The average Bonchev–Trinajstić information content (AvgIpc) is 3.34. The SMILES string of the molecule is c1ccc(C2CCC(OCC3NCCCC3c3ccnn3C3CCCCO3)CC2)cc1. The van der Waals surface area contributed by atoms with Crippen LogP contribution >= 0.6 is 0 Å². The fourth-order valence-electron chi connectivity index (χ4n) is 5.79. The topological polar surface area (TPSA) is 48.3 Å². The maximum Gasteiger partial charge on any atom is 0.150 e. The number of nitrogens with zero attached hydrogens (tertiary/aromatic N) is 2. The number of hydrogen-bond acceptors (Lipinski definition) is 4. The molecule has 31 heavy (non-hydrogen) atoms. The van der Waals surface area contributed by atoms with Gasteiger partial charge in [0.25, 0.3) is 0 Å². The van der Waals surface area contributed by atoms with Crippen LogP contribution in [0.25, 0.3) is 0 Å². The van der Waals surface area contributed by atoms with Gasteiger partial charge in [0, 0.05) is 30.5 Å². The predicted molar refractivity (Wildman–Crippen MR) is 122 cm³/mol. The summed E-state index contributed by atoms with van der Waals surface area (Å²) in [6, 6.07) is 13.6. The van der Waals surface area contributed by atoms with Gasteiger partial charge in [-0.3, -0.25) is 0 Å². The molecule has 1 saturated carbocycles. The number of rotatable bonds is 6. The molecule has 5 nitrogen and oxygen atoms in total. The first-order valence-corrected chi connectivity index (χ1v) is 12.4. The van der Waals surface area contributed by atoms with Gasteiger partial charge in [0.15, 0.2) is 0 Å². The Kier molecular flexibility index (Phi) is 7.02. The first-order valence-electron chi connectivity index (χ1n) is 12.4. The molecule has 5 rings (SSSR count). The summed E-state index contributed by atoms with van der Waals surface area (Å²) in [6.45, 7) is 2.73. The van der Waals surface area contributed by atoms with E-state index < -0.39 is 0 Å². The summed E-state index contributed by atoms with van der Waals surface area (Å²) in [4.78, 5) is 0. The molecule has 3 heterocycles. The van der Waals surface area contributed by atoms with E-state index in [-0.39, 0.29) is 6.23 Å². The van der Waals surface area contributed by atoms with Crippen LogP contribution in [0.2, 0.25) is 0 Å². The zero-order valence-electron chi connectivity index (χ0n) is 18.6. The second-order valence-electron chi connectivity index (χ2n) is 9.55. The van der Waals surface area contributed by atoms with Gasteiger partial charge in [-0.25, -0.2) is 4.68 Å². The number of aromatic nitrogens is 2. The Labute approximate surface area is 186 Å². The molecule has 3 atom stereocenters. The lowest BCUT2D eigenvalue weighted by Crippen LogP contribution is -2.45. The van der Waals surface area contributed by atoms with E-state index in [0.29, 0.717) is 24.0 Å². The zero-order valence-corrected chi connectivity index (χ0v) is 18.6. The summed E-state index contributed by atoms with van der Waals surface area (Å²) in [6.07, 6.45) is 13.1. The summed E-state index contributed by atoms with van der Waals surface area (Å²) in [7, 11) is 0. The van der Waals surface area contributed by atoms with Crippen LogP contribution in [0.3, 0.4) is 0 Å². The lowest BCUT2D eigenvalue weighted by Gasteiger charge is -2.36. The molecular formula is C26H37N3O2. The summed E-state index contributed by atoms with van der Waals surface area (Å²) >= 11 is 0. The minimum Gasteiger partial charge on any atom is -0.377 e. The highest BCUT2D eigenvalue weighted by atomic mass is 16.5. The van der Waals surface area contributed by atoms with Crippen LogP contribution in [0, 0.1) is 0 Å². The number of nitrogens with one attached hydrogen (secondary N) is 1. The number of hydrogen-bond donors (Lipinski definition) is 1. The van der Waals surface area contributed by atoms with Crippen LogP contribution in [-0.4, -0.2) is 41.7 Å². The molecule has 1 aromatic carbocycles. The molecule has 1 aromatic heterocycles. The predicted octanol–water partition coefficient (Wildman–Crippen LogP) is 5.16. The molecule has 3 aliphatic rings. The van der Waals surface area contributed by atoms with E-state index in [2.05, 4.69) is 51.5 Å². The molecule has 2 aromatic rings. The van der Waals surface area contributed by atoms with Gasteiger partial charge in [-0.2, -0.15) is 5.10 Å². The van der Waals surface area contributed by atoms with Crippen molar-refractivity contribution in [1.82, 2.24) is 15.1 Å². The van der Waals surface area contributed by atoms with Crippen molar-refractivity contribution in [2.45, 2.75) is 88.0 Å². The van der Waals surface area contributed by atoms with Crippen molar-refractivity contribution in [2.24, 2.45) is 0 Å². The zero-order chi connectivity index (χ0) is 20.9. The second-order valence-corrected chi connectivity index (χ2v) is 9.55. The van der Waals surface area contributed by atoms with E-state index in [1.54, 1.807) is 0 Å². The van der Waals surface area contributed by atoms with E-state index >= 15 is 0 Å². The molecule has 1 aliphatic carbocycles. The van der Waals surface area contributed by atoms with Crippen molar-refractivity contribution in [3.63, 3.8) is 0 Å². The maximum atomic E-state index is 6.50. The molecule has 2 aliphatic heterocycles. The fourth-order valence-corrected chi connectivity index (χ4v) is 5.79. The third-order valence-corrected chi connectivity index (χ3v) is 7.55. The normalized spacial score (nSPS) is 32.1. The standard InChI is InChI=1S/C26H37N3O2/c1-2-7-20(8-3-1)21-11-13-22(14-12-21)31-19-24-23(9-6-16-27-24)25-15-17-28-29(25)26-10-4-5-18-30-26/h1-3,7-8,15,17,21-24,26-27H,4-6,9-14,16,18-19H2. The average molecular weight is 424 g/mol. The van der Waals surface area contributed by atoms with Crippen molar-refractivity contribution < 1.29 is 9.47 Å². The maximum absolute atomic E-state index is 6.50. The van der Waals surface area contributed by atoms with Gasteiger partial charge in [0.2, 0.25) is 0 Å². The lowest BCUT2D eigenvalue weighted by atomic mass is 9.82. The van der Waals surface area contributed by atoms with Gasteiger partial charge < -0.3 is 14.8 Å². The molecule has 0 bridgehead atoms. The Balaban J connectivity index is 1.17. The minimum atomic E-state index is 0.107. The second kappa shape index (κ2) is 10.3.